The molecule has 0 atom stereocenters. The van der Waals surface area contributed by atoms with E-state index in [2.05, 4.69) is 11.8 Å². The Bertz CT molecular complexity index is 407. The SMILES string of the molecule is CC#CCC(=O)Cc1c(F)cccc1F. The van der Waals surface area contributed by atoms with Crippen molar-refractivity contribution >= 4 is 5.78 Å². The Kier molecular flexibility index (Phi) is 3.99. The van der Waals surface area contributed by atoms with Crippen LogP contribution in [0.3, 0.4) is 0 Å². The fourth-order valence-corrected chi connectivity index (χ4v) is 1.15. The summed E-state index contributed by atoms with van der Waals surface area (Å²) in [5, 5.41) is 0. The Balaban J connectivity index is 2.79. The van der Waals surface area contributed by atoms with Gasteiger partial charge < -0.3 is 0 Å². The second-order valence-corrected chi connectivity index (χ2v) is 3.02. The number of carbonyl (C=O) groups is 1. The minimum atomic E-state index is -0.687. The number of halogens is 2. The molecule has 0 amide bonds. The summed E-state index contributed by atoms with van der Waals surface area (Å²) in [5.74, 6) is 3.46. The van der Waals surface area contributed by atoms with E-state index in [-0.39, 0.29) is 24.2 Å². The zero-order valence-corrected chi connectivity index (χ0v) is 8.31. The van der Waals surface area contributed by atoms with E-state index in [0.717, 1.165) is 12.1 Å². The maximum atomic E-state index is 13.1. The number of benzene rings is 1. The third-order valence-corrected chi connectivity index (χ3v) is 1.90. The Hall–Kier alpha value is -1.69. The lowest BCUT2D eigenvalue weighted by Crippen LogP contribution is -2.05. The molecule has 0 N–H and O–H groups in total. The average molecular weight is 208 g/mol. The predicted molar refractivity (Wildman–Crippen MR) is 53.1 cm³/mol. The number of hydrogen-bond donors (Lipinski definition) is 0. The van der Waals surface area contributed by atoms with Crippen LogP contribution < -0.4 is 0 Å². The number of hydrogen-bond acceptors (Lipinski definition) is 1. The topological polar surface area (TPSA) is 17.1 Å². The molecule has 0 bridgehead atoms. The van der Waals surface area contributed by atoms with Gasteiger partial charge in [0, 0.05) is 12.0 Å². The fourth-order valence-electron chi connectivity index (χ4n) is 1.15. The molecule has 0 radical (unpaired) electrons. The number of Topliss-reactive ketones (excluding diaryl/α,β-unsaturated/α-hetero) is 1. The fraction of sp³-hybridized carbons (Fsp3) is 0.250. The molecule has 0 aliphatic rings. The van der Waals surface area contributed by atoms with E-state index in [1.165, 1.54) is 6.07 Å². The van der Waals surface area contributed by atoms with Crippen LogP contribution in [0.15, 0.2) is 18.2 Å². The first-order valence-electron chi connectivity index (χ1n) is 4.49. The second kappa shape index (κ2) is 5.26. The summed E-state index contributed by atoms with van der Waals surface area (Å²) in [7, 11) is 0. The molecule has 0 aliphatic heterocycles. The summed E-state index contributed by atoms with van der Waals surface area (Å²) in [4.78, 5) is 11.2. The number of carbonyl (C=O) groups excluding carboxylic acids is 1. The van der Waals surface area contributed by atoms with Crippen LogP contribution in [0.5, 0.6) is 0 Å². The van der Waals surface area contributed by atoms with Gasteiger partial charge in [-0.25, -0.2) is 8.78 Å². The maximum Gasteiger partial charge on any atom is 0.149 e. The normalized spacial score (nSPS) is 9.27. The van der Waals surface area contributed by atoms with Gasteiger partial charge in [0.1, 0.15) is 17.4 Å². The van der Waals surface area contributed by atoms with Crippen molar-refractivity contribution < 1.29 is 13.6 Å². The molecule has 15 heavy (non-hydrogen) atoms. The van der Waals surface area contributed by atoms with Gasteiger partial charge in [0.05, 0.1) is 6.42 Å². The van der Waals surface area contributed by atoms with Crippen LogP contribution in [0.4, 0.5) is 8.78 Å². The molecule has 78 valence electrons. The standard InChI is InChI=1S/C12H10F2O/c1-2-3-5-9(15)8-10-11(13)6-4-7-12(10)14/h4,6-7H,5,8H2,1H3. The molecule has 0 unspecified atom stereocenters. The van der Waals surface area contributed by atoms with Gasteiger partial charge in [0.25, 0.3) is 0 Å². The zero-order valence-electron chi connectivity index (χ0n) is 8.31. The van der Waals surface area contributed by atoms with Gasteiger partial charge in [0.2, 0.25) is 0 Å². The van der Waals surface area contributed by atoms with Gasteiger partial charge in [-0.3, -0.25) is 4.79 Å². The Labute approximate surface area is 87.1 Å². The smallest absolute Gasteiger partial charge is 0.149 e. The van der Waals surface area contributed by atoms with E-state index in [4.69, 9.17) is 0 Å². The van der Waals surface area contributed by atoms with Crippen molar-refractivity contribution in [3.05, 3.63) is 35.4 Å². The molecule has 0 heterocycles. The van der Waals surface area contributed by atoms with Gasteiger partial charge >= 0.3 is 0 Å². The van der Waals surface area contributed by atoms with Gasteiger partial charge in [-0.05, 0) is 19.1 Å². The van der Waals surface area contributed by atoms with Crippen molar-refractivity contribution in [2.45, 2.75) is 19.8 Å². The molecule has 1 nitrogen and oxygen atoms in total. The lowest BCUT2D eigenvalue weighted by atomic mass is 10.1. The average Bonchev–Trinajstić information content (AvgIpc) is 2.21. The minimum absolute atomic E-state index is 0.0320. The zero-order chi connectivity index (χ0) is 11.3. The van der Waals surface area contributed by atoms with Crippen LogP contribution >= 0.6 is 0 Å². The van der Waals surface area contributed by atoms with Crippen molar-refractivity contribution in [1.82, 2.24) is 0 Å². The Morgan fingerprint density at radius 1 is 1.33 bits per heavy atom. The minimum Gasteiger partial charge on any atom is -0.298 e. The molecular weight excluding hydrogens is 198 g/mol. The van der Waals surface area contributed by atoms with E-state index in [0.29, 0.717) is 0 Å². The monoisotopic (exact) mass is 208 g/mol. The quantitative estimate of drug-likeness (QED) is 0.697. The van der Waals surface area contributed by atoms with Crippen molar-refractivity contribution in [2.75, 3.05) is 0 Å². The van der Waals surface area contributed by atoms with Crippen LogP contribution in [-0.4, -0.2) is 5.78 Å². The van der Waals surface area contributed by atoms with E-state index in [1.807, 2.05) is 0 Å². The molecular formula is C12H10F2O. The van der Waals surface area contributed by atoms with Gasteiger partial charge in [0.15, 0.2) is 0 Å². The van der Waals surface area contributed by atoms with Crippen molar-refractivity contribution in [3.8, 4) is 11.8 Å². The number of rotatable bonds is 3. The first-order valence-corrected chi connectivity index (χ1v) is 4.49. The van der Waals surface area contributed by atoms with E-state index in [1.54, 1.807) is 6.92 Å². The largest absolute Gasteiger partial charge is 0.298 e. The molecule has 0 saturated carbocycles. The highest BCUT2D eigenvalue weighted by atomic mass is 19.1. The van der Waals surface area contributed by atoms with Crippen LogP contribution in [0.1, 0.15) is 18.9 Å². The van der Waals surface area contributed by atoms with Crippen molar-refractivity contribution in [3.63, 3.8) is 0 Å². The third-order valence-electron chi connectivity index (χ3n) is 1.90. The predicted octanol–water partition coefficient (Wildman–Crippen LogP) is 2.49. The van der Waals surface area contributed by atoms with Crippen molar-refractivity contribution in [2.24, 2.45) is 0 Å². The molecule has 0 fully saturated rings. The molecule has 0 spiro atoms. The first kappa shape index (κ1) is 11.4. The molecule has 3 heteroatoms. The Morgan fingerprint density at radius 2 is 1.93 bits per heavy atom. The molecule has 0 aliphatic carbocycles. The highest BCUT2D eigenvalue weighted by Crippen LogP contribution is 2.13. The third kappa shape index (κ3) is 3.17. The summed E-state index contributed by atoms with van der Waals surface area (Å²) in [6.07, 6.45) is -0.211. The lowest BCUT2D eigenvalue weighted by Gasteiger charge is -2.02. The molecule has 1 aromatic rings. The van der Waals surface area contributed by atoms with E-state index < -0.39 is 11.6 Å². The van der Waals surface area contributed by atoms with E-state index in [9.17, 15) is 13.6 Å². The summed E-state index contributed by atoms with van der Waals surface area (Å²) < 4.78 is 26.2. The van der Waals surface area contributed by atoms with Crippen LogP contribution in [0.2, 0.25) is 0 Å². The maximum absolute atomic E-state index is 13.1. The lowest BCUT2D eigenvalue weighted by molar-refractivity contribution is -0.117. The summed E-state index contributed by atoms with van der Waals surface area (Å²) in [6, 6.07) is 3.54. The Morgan fingerprint density at radius 3 is 2.47 bits per heavy atom. The molecule has 1 rings (SSSR count). The summed E-state index contributed by atoms with van der Waals surface area (Å²) in [6.45, 7) is 1.61. The summed E-state index contributed by atoms with van der Waals surface area (Å²) in [5.41, 5.74) is -0.180. The van der Waals surface area contributed by atoms with Crippen molar-refractivity contribution in [1.29, 1.82) is 0 Å². The van der Waals surface area contributed by atoms with Crippen LogP contribution in [0, 0.1) is 23.5 Å². The second-order valence-electron chi connectivity index (χ2n) is 3.02. The molecule has 0 saturated heterocycles. The highest BCUT2D eigenvalue weighted by molar-refractivity contribution is 5.83. The highest BCUT2D eigenvalue weighted by Gasteiger charge is 2.11. The van der Waals surface area contributed by atoms with Crippen LogP contribution in [-0.2, 0) is 11.2 Å². The van der Waals surface area contributed by atoms with Crippen LogP contribution in [0.25, 0.3) is 0 Å². The molecule has 0 aromatic heterocycles. The van der Waals surface area contributed by atoms with Gasteiger partial charge in [-0.2, -0.15) is 0 Å². The van der Waals surface area contributed by atoms with E-state index >= 15 is 0 Å². The van der Waals surface area contributed by atoms with Gasteiger partial charge in [-0.15, -0.1) is 5.92 Å². The first-order chi connectivity index (χ1) is 7.15. The number of ketones is 1. The molecule has 1 aromatic carbocycles. The van der Waals surface area contributed by atoms with Gasteiger partial charge in [-0.1, -0.05) is 12.0 Å². The summed E-state index contributed by atoms with van der Waals surface area (Å²) >= 11 is 0.